The number of hydrogen-bond donors (Lipinski definition) is 3. The summed E-state index contributed by atoms with van der Waals surface area (Å²) in [4.78, 5) is 0. The van der Waals surface area contributed by atoms with Crippen LogP contribution in [0.5, 0.6) is 0 Å². The summed E-state index contributed by atoms with van der Waals surface area (Å²) < 4.78 is 37.2. The van der Waals surface area contributed by atoms with Crippen LogP contribution < -0.4 is 5.32 Å². The van der Waals surface area contributed by atoms with Gasteiger partial charge in [-0.2, -0.15) is 13.2 Å². The molecule has 0 amide bonds. The van der Waals surface area contributed by atoms with Crippen LogP contribution in [0.25, 0.3) is 0 Å². The predicted molar refractivity (Wildman–Crippen MR) is 74.8 cm³/mol. The molecule has 0 fully saturated rings. The predicted octanol–water partition coefficient (Wildman–Crippen LogP) is 2.74. The van der Waals surface area contributed by atoms with Crippen LogP contribution in [-0.2, 0) is 6.18 Å². The number of benzene rings is 1. The number of aliphatic hydroxyl groups excluding tert-OH is 2. The quantitative estimate of drug-likeness (QED) is 0.647. The molecule has 0 aliphatic carbocycles. The van der Waals surface area contributed by atoms with Gasteiger partial charge in [0.15, 0.2) is 0 Å². The Labute approximate surface area is 122 Å². The van der Waals surface area contributed by atoms with E-state index in [-0.39, 0.29) is 12.5 Å². The zero-order chi connectivity index (χ0) is 15.9. The molecule has 1 rings (SSSR count). The van der Waals surface area contributed by atoms with Crippen molar-refractivity contribution in [2.24, 2.45) is 5.92 Å². The first-order valence-electron chi connectivity index (χ1n) is 7.01. The molecule has 0 saturated carbocycles. The van der Waals surface area contributed by atoms with E-state index in [1.807, 2.05) is 6.92 Å². The lowest BCUT2D eigenvalue weighted by atomic mass is 10.1. The van der Waals surface area contributed by atoms with Gasteiger partial charge in [-0.25, -0.2) is 0 Å². The molecule has 6 heteroatoms. The molecule has 1 aromatic carbocycles. The molecule has 0 aromatic heterocycles. The molecule has 1 aromatic rings. The van der Waals surface area contributed by atoms with Crippen LogP contribution in [-0.4, -0.2) is 29.9 Å². The number of aliphatic hydroxyl groups is 2. The van der Waals surface area contributed by atoms with E-state index in [4.69, 9.17) is 5.11 Å². The van der Waals surface area contributed by atoms with E-state index in [1.165, 1.54) is 12.1 Å². The average Bonchev–Trinajstić information content (AvgIpc) is 2.45. The third-order valence-corrected chi connectivity index (χ3v) is 3.32. The van der Waals surface area contributed by atoms with Gasteiger partial charge in [0.05, 0.1) is 11.7 Å². The van der Waals surface area contributed by atoms with Gasteiger partial charge in [-0.15, -0.1) is 0 Å². The van der Waals surface area contributed by atoms with Gasteiger partial charge >= 0.3 is 6.18 Å². The van der Waals surface area contributed by atoms with Crippen LogP contribution in [0.3, 0.4) is 0 Å². The van der Waals surface area contributed by atoms with Gasteiger partial charge in [0.1, 0.15) is 0 Å². The minimum Gasteiger partial charge on any atom is -0.396 e. The van der Waals surface area contributed by atoms with Gasteiger partial charge in [-0.3, -0.25) is 0 Å². The van der Waals surface area contributed by atoms with Crippen molar-refractivity contribution in [1.82, 2.24) is 5.32 Å². The van der Waals surface area contributed by atoms with Gasteiger partial charge in [0.25, 0.3) is 0 Å². The SMILES string of the molecule is CC(CO)CCCNCC(O)c1ccc(C(F)(F)F)cc1. The highest BCUT2D eigenvalue weighted by molar-refractivity contribution is 5.26. The van der Waals surface area contributed by atoms with E-state index in [9.17, 15) is 18.3 Å². The summed E-state index contributed by atoms with van der Waals surface area (Å²) in [5.41, 5.74) is -0.261. The first-order valence-corrected chi connectivity index (χ1v) is 7.01. The fourth-order valence-electron chi connectivity index (χ4n) is 1.92. The molecule has 0 aliphatic heterocycles. The van der Waals surface area contributed by atoms with Crippen LogP contribution in [0, 0.1) is 5.92 Å². The summed E-state index contributed by atoms with van der Waals surface area (Å²) in [6.07, 6.45) is -3.42. The van der Waals surface area contributed by atoms with Gasteiger partial charge in [-0.1, -0.05) is 19.1 Å². The number of halogens is 3. The molecule has 0 aliphatic rings. The monoisotopic (exact) mass is 305 g/mol. The van der Waals surface area contributed by atoms with Crippen molar-refractivity contribution in [3.05, 3.63) is 35.4 Å². The maximum atomic E-state index is 12.4. The fourth-order valence-corrected chi connectivity index (χ4v) is 1.92. The van der Waals surface area contributed by atoms with Gasteiger partial charge in [0, 0.05) is 13.2 Å². The number of alkyl halides is 3. The van der Waals surface area contributed by atoms with Crippen LogP contribution in [0.15, 0.2) is 24.3 Å². The molecule has 21 heavy (non-hydrogen) atoms. The van der Waals surface area contributed by atoms with Gasteiger partial charge in [-0.05, 0) is 43.0 Å². The van der Waals surface area contributed by atoms with Gasteiger partial charge < -0.3 is 15.5 Å². The largest absolute Gasteiger partial charge is 0.416 e. The third-order valence-electron chi connectivity index (χ3n) is 3.32. The maximum Gasteiger partial charge on any atom is 0.416 e. The van der Waals surface area contributed by atoms with E-state index < -0.39 is 17.8 Å². The summed E-state index contributed by atoms with van der Waals surface area (Å²) in [5.74, 6) is 0.256. The Morgan fingerprint density at radius 1 is 1.19 bits per heavy atom. The smallest absolute Gasteiger partial charge is 0.396 e. The van der Waals surface area contributed by atoms with E-state index in [0.29, 0.717) is 18.7 Å². The Balaban J connectivity index is 2.34. The van der Waals surface area contributed by atoms with Crippen molar-refractivity contribution in [1.29, 1.82) is 0 Å². The minimum atomic E-state index is -4.36. The first kappa shape index (κ1) is 17.9. The summed E-state index contributed by atoms with van der Waals surface area (Å²) in [6, 6.07) is 4.54. The molecule has 0 spiro atoms. The van der Waals surface area contributed by atoms with Crippen LogP contribution >= 0.6 is 0 Å². The molecule has 120 valence electrons. The standard InChI is InChI=1S/C15H22F3NO2/c1-11(10-20)3-2-8-19-9-14(21)12-4-6-13(7-5-12)15(16,17)18/h4-7,11,14,19-21H,2-3,8-10H2,1H3. The minimum absolute atomic E-state index is 0.161. The highest BCUT2D eigenvalue weighted by Gasteiger charge is 2.30. The summed E-state index contributed by atoms with van der Waals surface area (Å²) >= 11 is 0. The van der Waals surface area contributed by atoms with Crippen LogP contribution in [0.4, 0.5) is 13.2 Å². The lowest BCUT2D eigenvalue weighted by molar-refractivity contribution is -0.137. The molecular formula is C15H22F3NO2. The Morgan fingerprint density at radius 3 is 2.33 bits per heavy atom. The molecule has 0 heterocycles. The second-order valence-corrected chi connectivity index (χ2v) is 5.27. The van der Waals surface area contributed by atoms with E-state index >= 15 is 0 Å². The number of hydrogen-bond acceptors (Lipinski definition) is 3. The highest BCUT2D eigenvalue weighted by Crippen LogP contribution is 2.29. The molecule has 2 atom stereocenters. The topological polar surface area (TPSA) is 52.5 Å². The molecule has 0 bridgehead atoms. The van der Waals surface area contributed by atoms with Crippen molar-refractivity contribution >= 4 is 0 Å². The molecule has 3 nitrogen and oxygen atoms in total. The average molecular weight is 305 g/mol. The molecule has 0 radical (unpaired) electrons. The summed E-state index contributed by atoms with van der Waals surface area (Å²) in [6.45, 7) is 3.10. The van der Waals surface area contributed by atoms with E-state index in [1.54, 1.807) is 0 Å². The van der Waals surface area contributed by atoms with Gasteiger partial charge in [0.2, 0.25) is 0 Å². The molecule has 3 N–H and O–H groups in total. The Bertz CT molecular complexity index is 406. The van der Waals surface area contributed by atoms with Crippen molar-refractivity contribution in [2.75, 3.05) is 19.7 Å². The lowest BCUT2D eigenvalue weighted by Crippen LogP contribution is -2.23. The Hall–Kier alpha value is -1.11. The summed E-state index contributed by atoms with van der Waals surface area (Å²) in [5, 5.41) is 21.8. The Kier molecular flexibility index (Phi) is 7.14. The van der Waals surface area contributed by atoms with Crippen molar-refractivity contribution < 1.29 is 23.4 Å². The Morgan fingerprint density at radius 2 is 1.81 bits per heavy atom. The molecule has 0 saturated heterocycles. The lowest BCUT2D eigenvalue weighted by Gasteiger charge is -2.14. The zero-order valence-electron chi connectivity index (χ0n) is 12.0. The van der Waals surface area contributed by atoms with Crippen molar-refractivity contribution in [3.8, 4) is 0 Å². The first-order chi connectivity index (χ1) is 9.84. The van der Waals surface area contributed by atoms with Crippen molar-refractivity contribution in [3.63, 3.8) is 0 Å². The van der Waals surface area contributed by atoms with Crippen LogP contribution in [0.1, 0.15) is 37.0 Å². The maximum absolute atomic E-state index is 12.4. The fraction of sp³-hybridized carbons (Fsp3) is 0.600. The third kappa shape index (κ3) is 6.46. The van der Waals surface area contributed by atoms with E-state index in [0.717, 1.165) is 25.0 Å². The number of nitrogens with one attached hydrogen (secondary N) is 1. The van der Waals surface area contributed by atoms with Crippen LogP contribution in [0.2, 0.25) is 0 Å². The second kappa shape index (κ2) is 8.36. The zero-order valence-corrected chi connectivity index (χ0v) is 12.0. The normalized spacial score (nSPS) is 15.0. The van der Waals surface area contributed by atoms with Crippen molar-refractivity contribution in [2.45, 2.75) is 32.0 Å². The van der Waals surface area contributed by atoms with E-state index in [2.05, 4.69) is 5.32 Å². The highest BCUT2D eigenvalue weighted by atomic mass is 19.4. The molecular weight excluding hydrogens is 283 g/mol. The summed E-state index contributed by atoms with van der Waals surface area (Å²) in [7, 11) is 0. The second-order valence-electron chi connectivity index (χ2n) is 5.27. The molecule has 2 unspecified atom stereocenters. The number of rotatable bonds is 8.